The maximum atomic E-state index is 9.08. The Morgan fingerprint density at radius 2 is 1.03 bits per heavy atom. The molecule has 9 heteroatoms. The maximum absolute atomic E-state index is 9.08. The summed E-state index contributed by atoms with van der Waals surface area (Å²) in [6, 6.07) is 18.2. The predicted octanol–water partition coefficient (Wildman–Crippen LogP) is 3.46. The van der Waals surface area contributed by atoms with Gasteiger partial charge in [-0.15, -0.1) is 0 Å². The minimum Gasteiger partial charge on any atom is -0.748 e. The Morgan fingerprint density at radius 3 is 1.39 bits per heavy atom. The van der Waals surface area contributed by atoms with E-state index in [1.54, 1.807) is 22.3 Å². The van der Waals surface area contributed by atoms with Crippen molar-refractivity contribution in [2.75, 3.05) is 12.5 Å². The van der Waals surface area contributed by atoms with Crippen molar-refractivity contribution in [1.82, 2.24) is 0 Å². The minimum atomic E-state index is -3.92. The number of hydrogen-bond acceptors (Lipinski definition) is 6. The normalized spacial score (nSPS) is 20.3. The largest absolute Gasteiger partial charge is 0.748 e. The van der Waals surface area contributed by atoms with Gasteiger partial charge in [-0.05, 0) is 0 Å². The molecule has 0 amide bonds. The molecule has 1 fully saturated rings. The summed E-state index contributed by atoms with van der Waals surface area (Å²) < 4.78 is 56.1. The molecule has 1 saturated heterocycles. The third kappa shape index (κ3) is 7.06. The van der Waals surface area contributed by atoms with Gasteiger partial charge in [0.05, 0.1) is 20.2 Å². The van der Waals surface area contributed by atoms with Gasteiger partial charge in [-0.3, -0.25) is 0 Å². The fraction of sp³-hybridized carbons (Fsp3) is 0.273. The van der Waals surface area contributed by atoms with E-state index < -0.39 is 43.5 Å². The molecule has 31 heavy (non-hydrogen) atoms. The van der Waals surface area contributed by atoms with E-state index in [1.165, 1.54) is 24.0 Å². The van der Waals surface area contributed by atoms with Crippen LogP contribution in [0.15, 0.2) is 59.7 Å². The van der Waals surface area contributed by atoms with E-state index in [-0.39, 0.29) is 0 Å². The standard InChI is InChI=1S/C20H16.2CH4O3S.Zr/c1-2-6-18-12-15(11-17(18)5-1)9-10-16-13-19-7-3-4-8-20(19)14-16;2*1-5(2,3)4;/h1-8,11-14H,9-10H2;2*1H3,(H,2,3,4);/q;;;+2/p-2. The van der Waals surface area contributed by atoms with E-state index in [9.17, 15) is 0 Å². The summed E-state index contributed by atoms with van der Waals surface area (Å²) in [5, 5.41) is 0. The number of rotatable bonds is 0. The molecule has 2 atom stereocenters. The Morgan fingerprint density at radius 1 is 0.710 bits per heavy atom. The van der Waals surface area contributed by atoms with E-state index in [0.717, 1.165) is 7.25 Å². The summed E-state index contributed by atoms with van der Waals surface area (Å²) >= 11 is -0.553. The average Bonchev–Trinajstić information content (AvgIpc) is 3.11. The zero-order chi connectivity index (χ0) is 22.8. The first-order valence-corrected chi connectivity index (χ1v) is 16.0. The first-order chi connectivity index (χ1) is 14.4. The molecule has 5 rings (SSSR count). The van der Waals surface area contributed by atoms with Gasteiger partial charge in [-0.1, -0.05) is 0 Å². The molecular weight excluding hydrogens is 516 g/mol. The molecule has 1 heterocycles. The second kappa shape index (κ2) is 9.63. The molecular formula is C22H22O6S2Zr. The van der Waals surface area contributed by atoms with E-state index >= 15 is 0 Å². The van der Waals surface area contributed by atoms with Crippen LogP contribution in [0.5, 0.6) is 0 Å². The number of allylic oxidation sites excluding steroid dienone is 2. The average molecular weight is 538 g/mol. The fourth-order valence-corrected chi connectivity index (χ4v) is 9.22. The van der Waals surface area contributed by atoms with Crippen molar-refractivity contribution in [1.29, 1.82) is 0 Å². The van der Waals surface area contributed by atoms with Gasteiger partial charge in [0.25, 0.3) is 0 Å². The van der Waals surface area contributed by atoms with Crippen molar-refractivity contribution in [3.8, 4) is 0 Å². The molecule has 3 aliphatic rings. The molecule has 0 radical (unpaired) electrons. The molecule has 2 aromatic rings. The molecule has 1 aliphatic heterocycles. The van der Waals surface area contributed by atoms with E-state index in [2.05, 4.69) is 60.7 Å². The smallest absolute Gasteiger partial charge is 0.0916 e. The summed E-state index contributed by atoms with van der Waals surface area (Å²) in [5.41, 5.74) is 9.72. The molecule has 162 valence electrons. The van der Waals surface area contributed by atoms with Gasteiger partial charge in [0.1, 0.15) is 0 Å². The van der Waals surface area contributed by atoms with Gasteiger partial charge < -0.3 is 9.11 Å². The molecule has 0 bridgehead atoms. The van der Waals surface area contributed by atoms with E-state index in [4.69, 9.17) is 25.9 Å². The molecule has 0 saturated carbocycles. The second-order valence-electron chi connectivity index (χ2n) is 7.64. The third-order valence-electron chi connectivity index (χ3n) is 5.07. The first kappa shape index (κ1) is 24.3. The summed E-state index contributed by atoms with van der Waals surface area (Å²) in [5.74, 6) is 0. The Hall–Kier alpha value is -1.38. The Bertz CT molecular complexity index is 1130. The van der Waals surface area contributed by atoms with Crippen LogP contribution in [-0.4, -0.2) is 38.5 Å². The maximum Gasteiger partial charge on any atom is 0.0916 e. The third-order valence-corrected chi connectivity index (χ3v) is 10.1. The van der Waals surface area contributed by atoms with Gasteiger partial charge >= 0.3 is 137 Å². The summed E-state index contributed by atoms with van der Waals surface area (Å²) in [6.45, 7) is 0. The van der Waals surface area contributed by atoms with Crippen molar-refractivity contribution < 1.29 is 49.2 Å². The molecule has 0 aromatic heterocycles. The topological polar surface area (TPSA) is 114 Å². The summed E-state index contributed by atoms with van der Waals surface area (Å²) in [4.78, 5) is 0. The number of benzene rings is 2. The van der Waals surface area contributed by atoms with Gasteiger partial charge in [0.15, 0.2) is 0 Å². The quantitative estimate of drug-likeness (QED) is 0.476. The van der Waals surface area contributed by atoms with Crippen LogP contribution >= 0.6 is 0 Å². The Labute approximate surface area is 195 Å². The van der Waals surface area contributed by atoms with Gasteiger partial charge in [-0.25, -0.2) is 16.8 Å². The molecule has 2 aliphatic carbocycles. The number of hydrogen-bond donors (Lipinski definition) is 0. The Kier molecular flexibility index (Phi) is 7.54. The van der Waals surface area contributed by atoms with E-state index in [0.29, 0.717) is 12.5 Å². The van der Waals surface area contributed by atoms with Crippen LogP contribution in [0.3, 0.4) is 0 Å². The molecule has 0 N–H and O–H groups in total. The molecule has 2 aromatic carbocycles. The van der Waals surface area contributed by atoms with Crippen LogP contribution in [0.25, 0.3) is 12.2 Å². The second-order valence-corrected chi connectivity index (χ2v) is 14.1. The Balaban J connectivity index is 0.000000232. The zero-order valence-corrected chi connectivity index (χ0v) is 21.2. The van der Waals surface area contributed by atoms with Crippen molar-refractivity contribution in [3.05, 3.63) is 81.9 Å². The zero-order valence-electron chi connectivity index (χ0n) is 17.1. The molecule has 0 spiro atoms. The van der Waals surface area contributed by atoms with Crippen molar-refractivity contribution in [2.45, 2.75) is 20.1 Å². The predicted molar refractivity (Wildman–Crippen MR) is 115 cm³/mol. The fourth-order valence-electron chi connectivity index (χ4n) is 4.06. The van der Waals surface area contributed by atoms with Crippen molar-refractivity contribution >= 4 is 32.4 Å². The molecule has 6 nitrogen and oxygen atoms in total. The first-order valence-electron chi connectivity index (χ1n) is 9.57. The number of fused-ring (bicyclic) bond motifs is 6. The summed E-state index contributed by atoms with van der Waals surface area (Å²) in [7, 11) is -7.83. The SMILES string of the molecule is C1=C2CCC3=Cc4ccccc4[CH]3[Zr+2][CH]2c2ccccc21.CS(=O)(=O)[O-].CS(=O)(=O)[O-]. The monoisotopic (exact) mass is 536 g/mol. The van der Waals surface area contributed by atoms with Gasteiger partial charge in [0, 0.05) is 12.5 Å². The minimum absolute atomic E-state index is 0.553. The van der Waals surface area contributed by atoms with Crippen molar-refractivity contribution in [3.63, 3.8) is 0 Å². The van der Waals surface area contributed by atoms with Crippen LogP contribution in [-0.2, 0) is 43.5 Å². The van der Waals surface area contributed by atoms with Gasteiger partial charge in [0.2, 0.25) is 0 Å². The van der Waals surface area contributed by atoms with Crippen LogP contribution in [0.2, 0.25) is 0 Å². The molecule has 2 unspecified atom stereocenters. The van der Waals surface area contributed by atoms with Crippen LogP contribution in [0, 0.1) is 0 Å². The van der Waals surface area contributed by atoms with Gasteiger partial charge in [-0.2, -0.15) is 0 Å². The van der Waals surface area contributed by atoms with E-state index in [1.807, 2.05) is 0 Å². The van der Waals surface area contributed by atoms with Crippen LogP contribution in [0.1, 0.15) is 42.3 Å². The van der Waals surface area contributed by atoms with Crippen molar-refractivity contribution in [2.24, 2.45) is 0 Å². The van der Waals surface area contributed by atoms with Crippen LogP contribution in [0.4, 0.5) is 0 Å². The summed E-state index contributed by atoms with van der Waals surface area (Å²) in [6.07, 6.45) is 8.75. The van der Waals surface area contributed by atoms with Crippen LogP contribution < -0.4 is 0 Å².